The highest BCUT2D eigenvalue weighted by molar-refractivity contribution is 7.17. The van der Waals surface area contributed by atoms with Gasteiger partial charge in [0.15, 0.2) is 5.76 Å². The van der Waals surface area contributed by atoms with Crippen molar-refractivity contribution in [3.05, 3.63) is 118 Å². The van der Waals surface area contributed by atoms with Crippen molar-refractivity contribution in [1.82, 2.24) is 4.98 Å². The molecule has 170 valence electrons. The minimum atomic E-state index is -0.828. The van der Waals surface area contributed by atoms with Gasteiger partial charge in [0.25, 0.3) is 5.91 Å². The number of benzene rings is 3. The van der Waals surface area contributed by atoms with E-state index >= 15 is 0 Å². The van der Waals surface area contributed by atoms with Crippen LogP contribution in [-0.2, 0) is 4.79 Å². The van der Waals surface area contributed by atoms with Crippen LogP contribution in [0.1, 0.15) is 32.5 Å². The summed E-state index contributed by atoms with van der Waals surface area (Å²) in [5.74, 6) is -1.68. The van der Waals surface area contributed by atoms with Crippen molar-refractivity contribution in [2.24, 2.45) is 0 Å². The molecule has 5 rings (SSSR count). The first kappa shape index (κ1) is 22.3. The minimum absolute atomic E-state index is 0.0110. The molecule has 1 atom stereocenters. The Morgan fingerprint density at radius 2 is 1.63 bits per heavy atom. The molecule has 1 N–H and O–H groups in total. The maximum absolute atomic E-state index is 13.9. The number of ketones is 1. The van der Waals surface area contributed by atoms with Gasteiger partial charge in [-0.1, -0.05) is 60.7 Å². The van der Waals surface area contributed by atoms with E-state index < -0.39 is 23.5 Å². The zero-order chi connectivity index (χ0) is 24.5. The lowest BCUT2D eigenvalue weighted by molar-refractivity contribution is -0.117. The quantitative estimate of drug-likeness (QED) is 0.368. The molecular formula is C28H19N3O3S. The van der Waals surface area contributed by atoms with Gasteiger partial charge in [-0.2, -0.15) is 5.26 Å². The third-order valence-corrected chi connectivity index (χ3v) is 7.07. The topological polar surface area (TPSA) is 94.3 Å². The predicted molar refractivity (Wildman–Crippen MR) is 134 cm³/mol. The zero-order valence-corrected chi connectivity index (χ0v) is 19.5. The Balaban J connectivity index is 1.62. The summed E-state index contributed by atoms with van der Waals surface area (Å²) < 4.78 is 0. The minimum Gasteiger partial charge on any atom is -0.503 e. The van der Waals surface area contributed by atoms with Crippen molar-refractivity contribution in [3.63, 3.8) is 0 Å². The second-order valence-corrected chi connectivity index (χ2v) is 9.04. The summed E-state index contributed by atoms with van der Waals surface area (Å²) in [7, 11) is 0. The Kier molecular flexibility index (Phi) is 5.73. The van der Waals surface area contributed by atoms with E-state index in [-0.39, 0.29) is 5.57 Å². The molecule has 1 aliphatic rings. The molecule has 0 radical (unpaired) electrons. The van der Waals surface area contributed by atoms with E-state index in [4.69, 9.17) is 5.26 Å². The van der Waals surface area contributed by atoms with Crippen LogP contribution in [0.15, 0.2) is 96.3 Å². The van der Waals surface area contributed by atoms with Crippen LogP contribution < -0.4 is 4.90 Å². The highest BCUT2D eigenvalue weighted by Crippen LogP contribution is 2.43. The van der Waals surface area contributed by atoms with Gasteiger partial charge in [-0.3, -0.25) is 14.5 Å². The van der Waals surface area contributed by atoms with Crippen LogP contribution >= 0.6 is 11.3 Å². The molecule has 0 aliphatic carbocycles. The van der Waals surface area contributed by atoms with Gasteiger partial charge in [0, 0.05) is 11.3 Å². The number of hydrogen-bond acceptors (Lipinski definition) is 6. The molecule has 1 amide bonds. The molecule has 0 saturated heterocycles. The van der Waals surface area contributed by atoms with Gasteiger partial charge < -0.3 is 5.11 Å². The Labute approximate surface area is 206 Å². The summed E-state index contributed by atoms with van der Waals surface area (Å²) in [6.45, 7) is 1.75. The van der Waals surface area contributed by atoms with E-state index in [0.717, 1.165) is 5.56 Å². The van der Waals surface area contributed by atoms with Gasteiger partial charge in [0.1, 0.15) is 5.01 Å². The fourth-order valence-electron chi connectivity index (χ4n) is 4.18. The predicted octanol–water partition coefficient (Wildman–Crippen LogP) is 5.77. The van der Waals surface area contributed by atoms with Crippen molar-refractivity contribution in [2.45, 2.75) is 13.0 Å². The lowest BCUT2D eigenvalue weighted by Gasteiger charge is -2.27. The number of carbonyl (C=O) groups excluding carboxylic acids is 2. The van der Waals surface area contributed by atoms with Gasteiger partial charge in [0.2, 0.25) is 5.78 Å². The Hall–Kier alpha value is -4.54. The molecule has 1 unspecified atom stereocenters. The molecule has 0 bridgehead atoms. The molecule has 1 aromatic heterocycles. The van der Waals surface area contributed by atoms with E-state index in [1.165, 1.54) is 16.2 Å². The summed E-state index contributed by atoms with van der Waals surface area (Å²) in [5, 5.41) is 20.8. The first-order valence-corrected chi connectivity index (χ1v) is 11.7. The standard InChI is InChI=1S/C28H19N3O3S/c1-17-26(35-27(30-17)20-10-6-3-7-11-20)24(32)22-23(19-8-4-2-5-9-19)31(28(34)25(22)33)21-14-12-18(16-29)13-15-21/h2-15,23,33H,1H3. The normalized spacial score (nSPS) is 15.4. The van der Waals surface area contributed by atoms with Crippen molar-refractivity contribution in [1.29, 1.82) is 5.26 Å². The van der Waals surface area contributed by atoms with E-state index in [1.807, 2.05) is 60.7 Å². The van der Waals surface area contributed by atoms with E-state index in [1.54, 1.807) is 31.2 Å². The first-order chi connectivity index (χ1) is 17.0. The van der Waals surface area contributed by atoms with Crippen molar-refractivity contribution < 1.29 is 14.7 Å². The number of aryl methyl sites for hydroxylation is 1. The van der Waals surface area contributed by atoms with Crippen LogP contribution in [0.25, 0.3) is 10.6 Å². The van der Waals surface area contributed by atoms with Crippen LogP contribution in [0.5, 0.6) is 0 Å². The number of nitrogens with zero attached hydrogens (tertiary/aromatic N) is 3. The summed E-state index contributed by atoms with van der Waals surface area (Å²) in [4.78, 5) is 33.5. The zero-order valence-electron chi connectivity index (χ0n) is 18.7. The largest absolute Gasteiger partial charge is 0.503 e. The van der Waals surface area contributed by atoms with Gasteiger partial charge in [-0.15, -0.1) is 11.3 Å². The van der Waals surface area contributed by atoms with Crippen LogP contribution in [-0.4, -0.2) is 21.8 Å². The van der Waals surface area contributed by atoms with Gasteiger partial charge >= 0.3 is 0 Å². The lowest BCUT2D eigenvalue weighted by Crippen LogP contribution is -2.31. The SMILES string of the molecule is Cc1nc(-c2ccccc2)sc1C(=O)C1=C(O)C(=O)N(c2ccc(C#N)cc2)C1c1ccccc1. The Morgan fingerprint density at radius 1 is 1.00 bits per heavy atom. The average Bonchev–Trinajstić information content (AvgIpc) is 3.42. The number of carbonyl (C=O) groups is 2. The molecule has 1 aliphatic heterocycles. The molecule has 0 saturated carbocycles. The number of Topliss-reactive ketones (excluding diaryl/α,β-unsaturated/α-hetero) is 1. The second kappa shape index (κ2) is 9.01. The van der Waals surface area contributed by atoms with E-state index in [9.17, 15) is 14.7 Å². The number of hydrogen-bond donors (Lipinski definition) is 1. The van der Waals surface area contributed by atoms with Crippen LogP contribution in [0.4, 0.5) is 5.69 Å². The summed E-state index contributed by atoms with van der Waals surface area (Å²) in [6.07, 6.45) is 0. The fraction of sp³-hybridized carbons (Fsp3) is 0.0714. The maximum Gasteiger partial charge on any atom is 0.294 e. The van der Waals surface area contributed by atoms with E-state index in [0.29, 0.717) is 32.4 Å². The molecule has 35 heavy (non-hydrogen) atoms. The monoisotopic (exact) mass is 477 g/mol. The second-order valence-electron chi connectivity index (χ2n) is 8.04. The van der Waals surface area contributed by atoms with Crippen LogP contribution in [0.3, 0.4) is 0 Å². The molecule has 2 heterocycles. The first-order valence-electron chi connectivity index (χ1n) is 10.9. The highest BCUT2D eigenvalue weighted by Gasteiger charge is 2.45. The number of thiazole rings is 1. The molecule has 0 fully saturated rings. The molecule has 6 nitrogen and oxygen atoms in total. The maximum atomic E-state index is 13.9. The Bertz CT molecular complexity index is 1500. The highest BCUT2D eigenvalue weighted by atomic mass is 32.1. The number of anilines is 1. The van der Waals surface area contributed by atoms with Gasteiger partial charge in [-0.25, -0.2) is 4.98 Å². The number of aromatic nitrogens is 1. The third-order valence-electron chi connectivity index (χ3n) is 5.87. The average molecular weight is 478 g/mol. The molecule has 7 heteroatoms. The number of aliphatic hydroxyl groups excluding tert-OH is 1. The molecule has 3 aromatic carbocycles. The van der Waals surface area contributed by atoms with Gasteiger partial charge in [-0.05, 0) is 36.8 Å². The van der Waals surface area contributed by atoms with Crippen molar-refractivity contribution >= 4 is 28.7 Å². The summed E-state index contributed by atoms with van der Waals surface area (Å²) in [6, 6.07) is 26.4. The van der Waals surface area contributed by atoms with E-state index in [2.05, 4.69) is 11.1 Å². The number of amides is 1. The van der Waals surface area contributed by atoms with Crippen molar-refractivity contribution in [2.75, 3.05) is 4.90 Å². The molecular weight excluding hydrogens is 458 g/mol. The lowest BCUT2D eigenvalue weighted by atomic mass is 9.95. The van der Waals surface area contributed by atoms with Crippen LogP contribution in [0, 0.1) is 18.3 Å². The van der Waals surface area contributed by atoms with Crippen molar-refractivity contribution in [3.8, 4) is 16.6 Å². The fourth-order valence-corrected chi connectivity index (χ4v) is 5.21. The number of rotatable bonds is 5. The number of nitriles is 1. The molecule has 0 spiro atoms. The number of aliphatic hydroxyl groups is 1. The smallest absolute Gasteiger partial charge is 0.294 e. The summed E-state index contributed by atoms with van der Waals surface area (Å²) >= 11 is 1.24. The van der Waals surface area contributed by atoms with Gasteiger partial charge in [0.05, 0.1) is 33.8 Å². The summed E-state index contributed by atoms with van der Waals surface area (Å²) in [5.41, 5.74) is 3.04. The third kappa shape index (κ3) is 3.90. The van der Waals surface area contributed by atoms with Crippen LogP contribution in [0.2, 0.25) is 0 Å². The Morgan fingerprint density at radius 3 is 2.26 bits per heavy atom. The molecule has 4 aromatic rings.